The molecule has 2 nitrogen and oxygen atoms in total. The molecule has 4 bridgehead atoms. The number of Topliss-reactive ketones (excluding diaryl/α,β-unsaturated/α-hetero) is 1. The van der Waals surface area contributed by atoms with Crippen LogP contribution < -0.4 is 0 Å². The maximum absolute atomic E-state index is 13.3. The number of rotatable bonds is 5. The monoisotopic (exact) mass is 277 g/mol. The lowest BCUT2D eigenvalue weighted by Crippen LogP contribution is -2.49. The van der Waals surface area contributed by atoms with E-state index in [0.717, 1.165) is 30.8 Å². The fraction of sp³-hybridized carbons (Fsp3) is 0.944. The van der Waals surface area contributed by atoms with Crippen molar-refractivity contribution in [3.05, 3.63) is 0 Å². The summed E-state index contributed by atoms with van der Waals surface area (Å²) in [6, 6.07) is 0.124. The minimum absolute atomic E-state index is 0.0564. The molecule has 114 valence electrons. The fourth-order valence-electron chi connectivity index (χ4n) is 5.85. The molecule has 0 heterocycles. The minimum atomic E-state index is 0.0564. The molecule has 4 aliphatic rings. The number of hydrogen-bond donors (Lipinski definition) is 0. The van der Waals surface area contributed by atoms with Crippen LogP contribution in [0.5, 0.6) is 0 Å². The third kappa shape index (κ3) is 2.34. The molecule has 4 saturated carbocycles. The summed E-state index contributed by atoms with van der Waals surface area (Å²) in [7, 11) is 0. The van der Waals surface area contributed by atoms with Crippen molar-refractivity contribution >= 4 is 5.78 Å². The first kappa shape index (κ1) is 14.6. The molecule has 20 heavy (non-hydrogen) atoms. The molecule has 0 saturated heterocycles. The van der Waals surface area contributed by atoms with Crippen molar-refractivity contribution in [2.24, 2.45) is 23.2 Å². The van der Waals surface area contributed by atoms with E-state index in [1.165, 1.54) is 44.9 Å². The topological polar surface area (TPSA) is 20.3 Å². The average molecular weight is 277 g/mol. The molecule has 0 N–H and O–H groups in total. The zero-order valence-corrected chi connectivity index (χ0v) is 13.5. The maximum Gasteiger partial charge on any atom is 0.155 e. The Balaban J connectivity index is 1.82. The number of carbonyl (C=O) groups excluding carboxylic acids is 1. The molecular formula is C18H31NO. The summed E-state index contributed by atoms with van der Waals surface area (Å²) in [4.78, 5) is 15.6. The van der Waals surface area contributed by atoms with Gasteiger partial charge in [-0.2, -0.15) is 0 Å². The zero-order valence-electron chi connectivity index (χ0n) is 13.5. The molecule has 0 aromatic heterocycles. The largest absolute Gasteiger partial charge is 0.297 e. The Bertz CT molecular complexity index is 360. The highest BCUT2D eigenvalue weighted by Gasteiger charge is 2.52. The van der Waals surface area contributed by atoms with Crippen molar-refractivity contribution in [2.45, 2.75) is 71.8 Å². The van der Waals surface area contributed by atoms with E-state index in [1.54, 1.807) is 0 Å². The van der Waals surface area contributed by atoms with E-state index < -0.39 is 0 Å². The third-order valence-corrected chi connectivity index (χ3v) is 6.65. The van der Waals surface area contributed by atoms with Crippen LogP contribution in [0.4, 0.5) is 0 Å². The summed E-state index contributed by atoms with van der Waals surface area (Å²) in [5.74, 6) is 3.25. The Morgan fingerprint density at radius 1 is 1.10 bits per heavy atom. The molecule has 3 atom stereocenters. The molecule has 4 aliphatic carbocycles. The molecular weight excluding hydrogens is 246 g/mol. The lowest BCUT2D eigenvalue weighted by molar-refractivity contribution is -0.138. The Labute approximate surface area is 124 Å². The quantitative estimate of drug-likeness (QED) is 0.760. The van der Waals surface area contributed by atoms with Crippen LogP contribution >= 0.6 is 0 Å². The number of ketones is 1. The highest BCUT2D eigenvalue weighted by atomic mass is 16.1. The van der Waals surface area contributed by atoms with Gasteiger partial charge in [-0.3, -0.25) is 9.69 Å². The van der Waals surface area contributed by atoms with Crippen LogP contribution in [0.3, 0.4) is 0 Å². The van der Waals surface area contributed by atoms with Gasteiger partial charge in [0.1, 0.15) is 0 Å². The van der Waals surface area contributed by atoms with Crippen molar-refractivity contribution < 1.29 is 4.79 Å². The second-order valence-corrected chi connectivity index (χ2v) is 7.79. The van der Waals surface area contributed by atoms with Gasteiger partial charge in [0.2, 0.25) is 0 Å². The molecule has 0 spiro atoms. The molecule has 0 aromatic rings. The van der Waals surface area contributed by atoms with E-state index in [9.17, 15) is 4.79 Å². The van der Waals surface area contributed by atoms with Crippen LogP contribution in [0.2, 0.25) is 0 Å². The van der Waals surface area contributed by atoms with Crippen LogP contribution in [-0.4, -0.2) is 29.8 Å². The van der Waals surface area contributed by atoms with Gasteiger partial charge in [-0.1, -0.05) is 13.8 Å². The van der Waals surface area contributed by atoms with Crippen LogP contribution in [0.15, 0.2) is 0 Å². The van der Waals surface area contributed by atoms with E-state index >= 15 is 0 Å². The molecule has 2 heteroatoms. The van der Waals surface area contributed by atoms with E-state index in [4.69, 9.17) is 0 Å². The predicted molar refractivity (Wildman–Crippen MR) is 82.6 cm³/mol. The lowest BCUT2D eigenvalue weighted by atomic mass is 9.59. The first-order valence-corrected chi connectivity index (χ1v) is 8.86. The number of nitrogens with zero attached hydrogens (tertiary/aromatic N) is 1. The van der Waals surface area contributed by atoms with Crippen molar-refractivity contribution in [1.29, 1.82) is 0 Å². The zero-order chi connectivity index (χ0) is 14.3. The minimum Gasteiger partial charge on any atom is -0.297 e. The second-order valence-electron chi connectivity index (χ2n) is 7.79. The highest BCUT2D eigenvalue weighted by molar-refractivity contribution is 5.89. The second kappa shape index (κ2) is 5.44. The summed E-state index contributed by atoms with van der Waals surface area (Å²) in [6.07, 6.45) is 9.20. The summed E-state index contributed by atoms with van der Waals surface area (Å²) in [5, 5.41) is 0. The molecule has 4 rings (SSSR count). The number of fused-ring (bicyclic) bond motifs is 1. The van der Waals surface area contributed by atoms with Gasteiger partial charge in [-0.25, -0.2) is 0 Å². The van der Waals surface area contributed by atoms with Gasteiger partial charge in [0.05, 0.1) is 6.04 Å². The SMILES string of the molecule is CCN(CC)[C@H](C)C(=O)C12CCC3C[C@H](C[C@@H](C3)C1)C2. The van der Waals surface area contributed by atoms with Crippen LogP contribution in [0.25, 0.3) is 0 Å². The van der Waals surface area contributed by atoms with E-state index in [1.807, 2.05) is 0 Å². The number of carbonyl (C=O) groups is 1. The Morgan fingerprint density at radius 3 is 2.20 bits per heavy atom. The van der Waals surface area contributed by atoms with Crippen molar-refractivity contribution in [2.75, 3.05) is 13.1 Å². The lowest BCUT2D eigenvalue weighted by Gasteiger charge is -2.46. The van der Waals surface area contributed by atoms with Crippen molar-refractivity contribution in [3.63, 3.8) is 0 Å². The number of likely N-dealkylation sites (N-methyl/N-ethyl adjacent to an activating group) is 1. The van der Waals surface area contributed by atoms with Crippen molar-refractivity contribution in [3.8, 4) is 0 Å². The maximum atomic E-state index is 13.3. The molecule has 0 aliphatic heterocycles. The van der Waals surface area contributed by atoms with Gasteiger partial charge in [-0.05, 0) is 82.7 Å². The van der Waals surface area contributed by atoms with Gasteiger partial charge in [0.15, 0.2) is 5.78 Å². The highest BCUT2D eigenvalue weighted by Crippen LogP contribution is 2.57. The van der Waals surface area contributed by atoms with Crippen LogP contribution in [0.1, 0.15) is 65.7 Å². The first-order valence-electron chi connectivity index (χ1n) is 8.86. The molecule has 4 fully saturated rings. The van der Waals surface area contributed by atoms with Gasteiger partial charge < -0.3 is 0 Å². The standard InChI is InChI=1S/C18H31NO/c1-4-19(5-2)13(3)17(20)18-7-6-14-8-15(11-18)10-16(9-14)12-18/h13-16H,4-12H2,1-3H3/t13-,14?,15-,16-,18?/m1/s1. The van der Waals surface area contributed by atoms with E-state index in [-0.39, 0.29) is 11.5 Å². The van der Waals surface area contributed by atoms with E-state index in [2.05, 4.69) is 25.7 Å². The summed E-state index contributed by atoms with van der Waals surface area (Å²) in [6.45, 7) is 8.50. The summed E-state index contributed by atoms with van der Waals surface area (Å²) >= 11 is 0. The Hall–Kier alpha value is -0.370. The summed E-state index contributed by atoms with van der Waals surface area (Å²) in [5.41, 5.74) is 0.0564. The van der Waals surface area contributed by atoms with Crippen molar-refractivity contribution in [1.82, 2.24) is 4.90 Å². The van der Waals surface area contributed by atoms with Crippen LogP contribution in [0, 0.1) is 23.2 Å². The smallest absolute Gasteiger partial charge is 0.155 e. The van der Waals surface area contributed by atoms with Gasteiger partial charge in [-0.15, -0.1) is 0 Å². The molecule has 0 unspecified atom stereocenters. The third-order valence-electron chi connectivity index (χ3n) is 6.65. The first-order chi connectivity index (χ1) is 9.58. The normalized spacial score (nSPS) is 40.9. The molecule has 0 aromatic carbocycles. The molecule has 0 amide bonds. The Kier molecular flexibility index (Phi) is 3.96. The summed E-state index contributed by atoms with van der Waals surface area (Å²) < 4.78 is 0. The van der Waals surface area contributed by atoms with Gasteiger partial charge >= 0.3 is 0 Å². The average Bonchev–Trinajstić information content (AvgIpc) is 2.64. The van der Waals surface area contributed by atoms with Gasteiger partial charge in [0.25, 0.3) is 0 Å². The Morgan fingerprint density at radius 2 is 1.65 bits per heavy atom. The fourth-order valence-corrected chi connectivity index (χ4v) is 5.85. The molecule has 0 radical (unpaired) electrons. The van der Waals surface area contributed by atoms with Gasteiger partial charge in [0, 0.05) is 5.41 Å². The number of hydrogen-bond acceptors (Lipinski definition) is 2. The van der Waals surface area contributed by atoms with E-state index in [0.29, 0.717) is 5.78 Å². The predicted octanol–water partition coefficient (Wildman–Crippen LogP) is 3.89. The van der Waals surface area contributed by atoms with Crippen LogP contribution in [-0.2, 0) is 4.79 Å².